The summed E-state index contributed by atoms with van der Waals surface area (Å²) in [4.78, 5) is 2.47. The van der Waals surface area contributed by atoms with E-state index in [1.165, 1.54) is 16.5 Å². The van der Waals surface area contributed by atoms with Crippen LogP contribution in [0.1, 0.15) is 16.9 Å². The zero-order chi connectivity index (χ0) is 14.2. The van der Waals surface area contributed by atoms with Crippen LogP contribution in [0.5, 0.6) is 0 Å². The van der Waals surface area contributed by atoms with Crippen molar-refractivity contribution in [3.8, 4) is 0 Å². The van der Waals surface area contributed by atoms with Gasteiger partial charge in [0.2, 0.25) is 0 Å². The lowest BCUT2D eigenvalue weighted by atomic mass is 10.0. The lowest BCUT2D eigenvalue weighted by Gasteiger charge is -2.26. The highest BCUT2D eigenvalue weighted by molar-refractivity contribution is 5.82. The Hall–Kier alpha value is -2.26. The molecule has 0 atom stereocenters. The lowest BCUT2D eigenvalue weighted by molar-refractivity contribution is 0.235. The van der Waals surface area contributed by atoms with Crippen LogP contribution in [-0.4, -0.2) is 11.4 Å². The molecule has 106 valence electrons. The van der Waals surface area contributed by atoms with Crippen molar-refractivity contribution in [1.82, 2.24) is 4.90 Å². The van der Waals surface area contributed by atoms with E-state index in [0.29, 0.717) is 0 Å². The molecule has 3 heteroatoms. The molecular weight excluding hydrogens is 260 g/mol. The van der Waals surface area contributed by atoms with Gasteiger partial charge in [-0.15, -0.1) is 0 Å². The van der Waals surface area contributed by atoms with Crippen molar-refractivity contribution in [3.63, 3.8) is 0 Å². The zero-order valence-corrected chi connectivity index (χ0v) is 11.9. The maximum Gasteiger partial charge on any atom is 0.134 e. The molecule has 0 bridgehead atoms. The molecule has 3 aromatic rings. The van der Waals surface area contributed by atoms with Crippen LogP contribution in [-0.2, 0) is 19.5 Å². The lowest BCUT2D eigenvalue weighted by Crippen LogP contribution is -2.29. The van der Waals surface area contributed by atoms with E-state index in [1.807, 2.05) is 18.2 Å². The van der Waals surface area contributed by atoms with Crippen molar-refractivity contribution < 1.29 is 4.42 Å². The highest BCUT2D eigenvalue weighted by Crippen LogP contribution is 2.30. The molecule has 1 aliphatic rings. The third-order valence-corrected chi connectivity index (χ3v) is 4.20. The van der Waals surface area contributed by atoms with Gasteiger partial charge in [0.05, 0.1) is 0 Å². The summed E-state index contributed by atoms with van der Waals surface area (Å²) < 4.78 is 5.96. The number of furan rings is 1. The fourth-order valence-corrected chi connectivity index (χ4v) is 3.10. The maximum absolute atomic E-state index is 5.96. The number of benzene rings is 2. The summed E-state index contributed by atoms with van der Waals surface area (Å²) in [5.41, 5.74) is 10.2. The van der Waals surface area contributed by atoms with Gasteiger partial charge in [-0.05, 0) is 23.8 Å². The number of para-hydroxylation sites is 1. The number of hydrogen-bond acceptors (Lipinski definition) is 3. The summed E-state index contributed by atoms with van der Waals surface area (Å²) in [6.07, 6.45) is 0.985. The molecule has 1 aromatic heterocycles. The molecule has 2 aromatic carbocycles. The predicted octanol–water partition coefficient (Wildman–Crippen LogP) is 3.57. The largest absolute Gasteiger partial charge is 0.461 e. The summed E-state index contributed by atoms with van der Waals surface area (Å²) in [6.45, 7) is 2.95. The molecule has 1 aliphatic heterocycles. The number of anilines is 1. The fourth-order valence-electron chi connectivity index (χ4n) is 3.10. The molecule has 0 unspecified atom stereocenters. The molecule has 0 radical (unpaired) electrons. The fraction of sp³-hybridized carbons (Fsp3) is 0.222. The van der Waals surface area contributed by atoms with E-state index in [0.717, 1.165) is 43.1 Å². The van der Waals surface area contributed by atoms with Crippen LogP contribution < -0.4 is 5.73 Å². The minimum absolute atomic E-state index is 0.820. The number of nitrogens with two attached hydrogens (primary N) is 1. The van der Waals surface area contributed by atoms with Crippen LogP contribution in [0.3, 0.4) is 0 Å². The number of nitrogen functional groups attached to an aromatic ring is 1. The van der Waals surface area contributed by atoms with Crippen molar-refractivity contribution >= 4 is 16.7 Å². The molecule has 0 saturated heterocycles. The van der Waals surface area contributed by atoms with Crippen molar-refractivity contribution in [2.45, 2.75) is 19.5 Å². The molecule has 2 N–H and O–H groups in total. The molecule has 0 saturated carbocycles. The number of hydrogen-bond donors (Lipinski definition) is 1. The van der Waals surface area contributed by atoms with Crippen molar-refractivity contribution in [1.29, 1.82) is 0 Å². The molecule has 2 heterocycles. The first-order chi connectivity index (χ1) is 10.3. The zero-order valence-electron chi connectivity index (χ0n) is 11.9. The van der Waals surface area contributed by atoms with Crippen LogP contribution in [0.4, 0.5) is 5.69 Å². The quantitative estimate of drug-likeness (QED) is 0.729. The highest BCUT2D eigenvalue weighted by atomic mass is 16.3. The average Bonchev–Trinajstić information content (AvgIpc) is 2.88. The van der Waals surface area contributed by atoms with E-state index in [4.69, 9.17) is 10.2 Å². The van der Waals surface area contributed by atoms with Crippen molar-refractivity contribution in [3.05, 3.63) is 65.4 Å². The molecule has 4 rings (SSSR count). The third kappa shape index (κ3) is 2.30. The van der Waals surface area contributed by atoms with Crippen LogP contribution in [0.15, 0.2) is 52.9 Å². The van der Waals surface area contributed by atoms with Gasteiger partial charge >= 0.3 is 0 Å². The van der Waals surface area contributed by atoms with Gasteiger partial charge in [0.15, 0.2) is 0 Å². The van der Waals surface area contributed by atoms with Gasteiger partial charge in [-0.3, -0.25) is 4.90 Å². The summed E-state index contributed by atoms with van der Waals surface area (Å²) in [6, 6.07) is 16.5. The maximum atomic E-state index is 5.96. The van der Waals surface area contributed by atoms with E-state index in [2.05, 4.69) is 35.2 Å². The van der Waals surface area contributed by atoms with E-state index in [-0.39, 0.29) is 0 Å². The second kappa shape index (κ2) is 4.93. The van der Waals surface area contributed by atoms with Crippen LogP contribution in [0.2, 0.25) is 0 Å². The van der Waals surface area contributed by atoms with Crippen molar-refractivity contribution in [2.75, 3.05) is 12.3 Å². The average molecular weight is 278 g/mol. The first-order valence-corrected chi connectivity index (χ1v) is 7.35. The number of fused-ring (bicyclic) bond motifs is 3. The second-order valence-electron chi connectivity index (χ2n) is 5.70. The van der Waals surface area contributed by atoms with E-state index < -0.39 is 0 Å². The number of rotatable bonds is 2. The molecule has 0 spiro atoms. The second-order valence-corrected chi connectivity index (χ2v) is 5.70. The van der Waals surface area contributed by atoms with E-state index >= 15 is 0 Å². The van der Waals surface area contributed by atoms with Gasteiger partial charge in [-0.25, -0.2) is 0 Å². The molecular formula is C18H18N2O. The Labute approximate surface area is 124 Å². The Morgan fingerprint density at radius 1 is 1.05 bits per heavy atom. The first kappa shape index (κ1) is 12.5. The standard InChI is InChI=1S/C18H18N2O/c19-14-7-5-13(6-8-14)11-20-10-9-18-16(12-20)15-3-1-2-4-17(15)21-18/h1-8H,9-12,19H2. The minimum Gasteiger partial charge on any atom is -0.461 e. The molecule has 21 heavy (non-hydrogen) atoms. The Morgan fingerprint density at radius 2 is 1.86 bits per heavy atom. The molecule has 0 fully saturated rings. The monoisotopic (exact) mass is 278 g/mol. The van der Waals surface area contributed by atoms with Crippen LogP contribution in [0.25, 0.3) is 11.0 Å². The molecule has 0 amide bonds. The number of nitrogens with zero attached hydrogens (tertiary/aromatic N) is 1. The summed E-state index contributed by atoms with van der Waals surface area (Å²) >= 11 is 0. The normalized spacial score (nSPS) is 15.2. The van der Waals surface area contributed by atoms with Gasteiger partial charge in [0.25, 0.3) is 0 Å². The Morgan fingerprint density at radius 3 is 2.71 bits per heavy atom. The minimum atomic E-state index is 0.820. The Balaban J connectivity index is 1.59. The van der Waals surface area contributed by atoms with Gasteiger partial charge in [0.1, 0.15) is 11.3 Å². The molecule has 0 aliphatic carbocycles. The van der Waals surface area contributed by atoms with Crippen molar-refractivity contribution in [2.24, 2.45) is 0 Å². The SMILES string of the molecule is Nc1ccc(CN2CCc3oc4ccccc4c3C2)cc1. The predicted molar refractivity (Wildman–Crippen MR) is 84.9 cm³/mol. The third-order valence-electron chi connectivity index (χ3n) is 4.20. The van der Waals surface area contributed by atoms with E-state index in [1.54, 1.807) is 0 Å². The van der Waals surface area contributed by atoms with Gasteiger partial charge < -0.3 is 10.2 Å². The van der Waals surface area contributed by atoms with Gasteiger partial charge in [-0.2, -0.15) is 0 Å². The highest BCUT2D eigenvalue weighted by Gasteiger charge is 2.22. The van der Waals surface area contributed by atoms with Crippen LogP contribution in [0, 0.1) is 0 Å². The molecule has 3 nitrogen and oxygen atoms in total. The Bertz CT molecular complexity index is 774. The summed E-state index contributed by atoms with van der Waals surface area (Å²) in [5, 5.41) is 1.26. The first-order valence-electron chi connectivity index (χ1n) is 7.35. The summed E-state index contributed by atoms with van der Waals surface area (Å²) in [5.74, 6) is 1.16. The van der Waals surface area contributed by atoms with Crippen LogP contribution >= 0.6 is 0 Å². The van der Waals surface area contributed by atoms with Gasteiger partial charge in [0, 0.05) is 42.7 Å². The summed E-state index contributed by atoms with van der Waals surface area (Å²) in [7, 11) is 0. The van der Waals surface area contributed by atoms with E-state index in [9.17, 15) is 0 Å². The Kier molecular flexibility index (Phi) is 2.93. The van der Waals surface area contributed by atoms with Gasteiger partial charge in [-0.1, -0.05) is 30.3 Å². The topological polar surface area (TPSA) is 42.4 Å². The smallest absolute Gasteiger partial charge is 0.134 e.